The summed E-state index contributed by atoms with van der Waals surface area (Å²) in [6, 6.07) is 4.52. The van der Waals surface area contributed by atoms with E-state index in [9.17, 15) is 4.79 Å². The maximum atomic E-state index is 12.1. The van der Waals surface area contributed by atoms with E-state index in [0.717, 1.165) is 44.2 Å². The van der Waals surface area contributed by atoms with Crippen molar-refractivity contribution < 1.29 is 9.21 Å². The van der Waals surface area contributed by atoms with E-state index in [0.29, 0.717) is 25.6 Å². The third-order valence-corrected chi connectivity index (χ3v) is 5.58. The molecular formula is C21H35N5O2. The molecule has 28 heavy (non-hydrogen) atoms. The van der Waals surface area contributed by atoms with Crippen LogP contribution < -0.4 is 16.0 Å². The Morgan fingerprint density at radius 3 is 2.71 bits per heavy atom. The van der Waals surface area contributed by atoms with Crippen LogP contribution in [-0.4, -0.2) is 55.5 Å². The van der Waals surface area contributed by atoms with Crippen LogP contribution in [-0.2, 0) is 4.79 Å². The first-order valence-electron chi connectivity index (χ1n) is 10.8. The van der Waals surface area contributed by atoms with Gasteiger partial charge in [-0.1, -0.05) is 12.8 Å². The summed E-state index contributed by atoms with van der Waals surface area (Å²) in [5.41, 5.74) is 0. The lowest BCUT2D eigenvalue weighted by atomic mass is 10.2. The Kier molecular flexibility index (Phi) is 8.21. The van der Waals surface area contributed by atoms with E-state index >= 15 is 0 Å². The van der Waals surface area contributed by atoms with E-state index in [1.807, 2.05) is 12.1 Å². The number of nitrogens with zero attached hydrogens (tertiary/aromatic N) is 2. The van der Waals surface area contributed by atoms with Gasteiger partial charge in [-0.3, -0.25) is 14.7 Å². The second-order valence-electron chi connectivity index (χ2n) is 7.72. The summed E-state index contributed by atoms with van der Waals surface area (Å²) in [6.07, 6.45) is 9.36. The fourth-order valence-corrected chi connectivity index (χ4v) is 4.10. The lowest BCUT2D eigenvalue weighted by Crippen LogP contribution is -2.41. The molecule has 0 aromatic carbocycles. The number of guanidine groups is 1. The molecule has 1 aliphatic heterocycles. The van der Waals surface area contributed by atoms with Gasteiger partial charge >= 0.3 is 0 Å². The number of hydrogen-bond donors (Lipinski definition) is 3. The first kappa shape index (κ1) is 20.7. The Morgan fingerprint density at radius 1 is 1.25 bits per heavy atom. The molecule has 7 heteroatoms. The standard InChI is InChI=1S/C21H35N5O2/c1-2-22-21(23-12-11-20(27)25-17-8-3-4-9-17)24-16-18(19-10-7-15-28-19)26-13-5-6-14-26/h7,10,15,17-18H,2-6,8-9,11-14,16H2,1H3,(H,25,27)(H2,22,23,24). The molecule has 1 aromatic rings. The van der Waals surface area contributed by atoms with E-state index in [1.54, 1.807) is 6.26 Å². The number of hydrogen-bond acceptors (Lipinski definition) is 4. The van der Waals surface area contributed by atoms with Crippen LogP contribution in [0.25, 0.3) is 0 Å². The Bertz CT molecular complexity index is 604. The van der Waals surface area contributed by atoms with E-state index in [-0.39, 0.29) is 11.9 Å². The molecule has 156 valence electrons. The number of carbonyl (C=O) groups is 1. The highest BCUT2D eigenvalue weighted by Gasteiger charge is 2.25. The van der Waals surface area contributed by atoms with Crippen molar-refractivity contribution in [3.05, 3.63) is 24.2 Å². The lowest BCUT2D eigenvalue weighted by molar-refractivity contribution is -0.121. The zero-order valence-corrected chi connectivity index (χ0v) is 17.1. The van der Waals surface area contributed by atoms with Crippen LogP contribution in [0.2, 0.25) is 0 Å². The van der Waals surface area contributed by atoms with Gasteiger partial charge in [0.15, 0.2) is 5.96 Å². The fourth-order valence-electron chi connectivity index (χ4n) is 4.10. The molecule has 2 aliphatic rings. The number of carbonyl (C=O) groups excluding carboxylic acids is 1. The van der Waals surface area contributed by atoms with Crippen molar-refractivity contribution in [3.63, 3.8) is 0 Å². The smallest absolute Gasteiger partial charge is 0.221 e. The quantitative estimate of drug-likeness (QED) is 0.446. The maximum Gasteiger partial charge on any atom is 0.221 e. The van der Waals surface area contributed by atoms with Gasteiger partial charge in [-0.15, -0.1) is 0 Å². The van der Waals surface area contributed by atoms with Crippen LogP contribution in [0.15, 0.2) is 27.8 Å². The van der Waals surface area contributed by atoms with Crippen molar-refractivity contribution in [2.45, 2.75) is 64.0 Å². The Hall–Kier alpha value is -2.02. The van der Waals surface area contributed by atoms with E-state index < -0.39 is 0 Å². The summed E-state index contributed by atoms with van der Waals surface area (Å²) in [4.78, 5) is 19.3. The molecule has 1 saturated heterocycles. The van der Waals surface area contributed by atoms with Gasteiger partial charge in [0.1, 0.15) is 5.76 Å². The minimum atomic E-state index is 0.126. The van der Waals surface area contributed by atoms with Gasteiger partial charge < -0.3 is 20.4 Å². The molecule has 3 N–H and O–H groups in total. The highest BCUT2D eigenvalue weighted by Crippen LogP contribution is 2.25. The van der Waals surface area contributed by atoms with Crippen molar-refractivity contribution in [2.75, 3.05) is 32.7 Å². The summed E-state index contributed by atoms with van der Waals surface area (Å²) in [6.45, 7) is 6.23. The topological polar surface area (TPSA) is 81.9 Å². The summed E-state index contributed by atoms with van der Waals surface area (Å²) < 4.78 is 5.67. The molecule has 0 bridgehead atoms. The van der Waals surface area contributed by atoms with E-state index in [1.165, 1.54) is 25.7 Å². The first-order valence-corrected chi connectivity index (χ1v) is 10.8. The number of aliphatic imine (C=N–C) groups is 1. The predicted octanol–water partition coefficient (Wildman–Crippen LogP) is 2.42. The monoisotopic (exact) mass is 389 g/mol. The average Bonchev–Trinajstić information content (AvgIpc) is 3.46. The lowest BCUT2D eigenvalue weighted by Gasteiger charge is -2.24. The Labute approximate surface area is 168 Å². The van der Waals surface area contributed by atoms with Gasteiger partial charge in [0, 0.05) is 25.6 Å². The zero-order chi connectivity index (χ0) is 19.6. The van der Waals surface area contributed by atoms with Crippen molar-refractivity contribution in [2.24, 2.45) is 4.99 Å². The van der Waals surface area contributed by atoms with E-state index in [2.05, 4.69) is 27.8 Å². The number of rotatable bonds is 9. The summed E-state index contributed by atoms with van der Waals surface area (Å²) >= 11 is 0. The van der Waals surface area contributed by atoms with Gasteiger partial charge in [-0.05, 0) is 57.8 Å². The molecule has 1 aromatic heterocycles. The summed E-state index contributed by atoms with van der Waals surface area (Å²) in [5.74, 6) is 1.85. The Balaban J connectivity index is 1.49. The molecule has 7 nitrogen and oxygen atoms in total. The van der Waals surface area contributed by atoms with Crippen molar-refractivity contribution >= 4 is 11.9 Å². The molecule has 2 heterocycles. The van der Waals surface area contributed by atoms with Gasteiger partial charge in [0.2, 0.25) is 5.91 Å². The first-order chi connectivity index (χ1) is 13.8. The second kappa shape index (κ2) is 11.1. The molecule has 1 saturated carbocycles. The number of nitrogens with one attached hydrogen (secondary N) is 3. The highest BCUT2D eigenvalue weighted by atomic mass is 16.3. The summed E-state index contributed by atoms with van der Waals surface area (Å²) in [7, 11) is 0. The molecule has 1 atom stereocenters. The van der Waals surface area contributed by atoms with Gasteiger partial charge in [0.25, 0.3) is 0 Å². The van der Waals surface area contributed by atoms with Crippen LogP contribution in [0.5, 0.6) is 0 Å². The normalized spacial score (nSPS) is 19.7. The molecule has 0 radical (unpaired) electrons. The number of amides is 1. The van der Waals surface area contributed by atoms with Gasteiger partial charge in [0.05, 0.1) is 18.8 Å². The van der Waals surface area contributed by atoms with Crippen LogP contribution in [0.4, 0.5) is 0 Å². The Morgan fingerprint density at radius 2 is 2.04 bits per heavy atom. The molecule has 1 aliphatic carbocycles. The van der Waals surface area contributed by atoms with Crippen LogP contribution in [0.3, 0.4) is 0 Å². The summed E-state index contributed by atoms with van der Waals surface area (Å²) in [5, 5.41) is 9.71. The minimum Gasteiger partial charge on any atom is -0.468 e. The van der Waals surface area contributed by atoms with Crippen molar-refractivity contribution in [3.8, 4) is 0 Å². The third-order valence-electron chi connectivity index (χ3n) is 5.58. The zero-order valence-electron chi connectivity index (χ0n) is 17.1. The third kappa shape index (κ3) is 6.26. The average molecular weight is 390 g/mol. The number of likely N-dealkylation sites (tertiary alicyclic amines) is 1. The maximum absolute atomic E-state index is 12.1. The molecule has 2 fully saturated rings. The molecule has 1 unspecified atom stereocenters. The van der Waals surface area contributed by atoms with Crippen LogP contribution >= 0.6 is 0 Å². The van der Waals surface area contributed by atoms with Crippen LogP contribution in [0.1, 0.15) is 63.7 Å². The SMILES string of the molecule is CCNC(=NCC(c1ccco1)N1CCCC1)NCCC(=O)NC1CCCC1. The van der Waals surface area contributed by atoms with Gasteiger partial charge in [-0.2, -0.15) is 0 Å². The molecule has 0 spiro atoms. The molecule has 3 rings (SSSR count). The fraction of sp³-hybridized carbons (Fsp3) is 0.714. The van der Waals surface area contributed by atoms with E-state index in [4.69, 9.17) is 9.41 Å². The number of furan rings is 1. The second-order valence-corrected chi connectivity index (χ2v) is 7.72. The van der Waals surface area contributed by atoms with Crippen molar-refractivity contribution in [1.82, 2.24) is 20.9 Å². The highest BCUT2D eigenvalue weighted by molar-refractivity contribution is 5.81. The van der Waals surface area contributed by atoms with Crippen LogP contribution in [0, 0.1) is 0 Å². The minimum absolute atomic E-state index is 0.126. The van der Waals surface area contributed by atoms with Gasteiger partial charge in [-0.25, -0.2) is 0 Å². The predicted molar refractivity (Wildman–Crippen MR) is 111 cm³/mol. The molecule has 1 amide bonds. The van der Waals surface area contributed by atoms with Crippen molar-refractivity contribution in [1.29, 1.82) is 0 Å². The largest absolute Gasteiger partial charge is 0.468 e. The molecular weight excluding hydrogens is 354 g/mol.